The van der Waals surface area contributed by atoms with Gasteiger partial charge >= 0.3 is 0 Å². The molecular formula is C26H28O14. The molecule has 0 aliphatic carbocycles. The standard InChI is InChI=1S/C26H28O14/c27-8-17-20(32)22(34)26(38-17)40-24-18(9-28)39-25(23(35)21(24)33)36-12-3-1-10(2-4-12)15-7-14(31)19-13(30)5-11(29)6-16(19)37-15/h1-7,17-18,20-30,32-35H,8-9H2. The number of phenolic OH excluding ortho intramolecular Hbond substituents is 2. The van der Waals surface area contributed by atoms with Crippen LogP contribution in [0.15, 0.2) is 51.7 Å². The Bertz CT molecular complexity index is 1390. The third-order valence-electron chi connectivity index (χ3n) is 6.80. The Morgan fingerprint density at radius 1 is 0.775 bits per heavy atom. The molecule has 0 saturated carbocycles. The van der Waals surface area contributed by atoms with Gasteiger partial charge in [-0.15, -0.1) is 0 Å². The van der Waals surface area contributed by atoms with Gasteiger partial charge in [-0.1, -0.05) is 0 Å². The maximum Gasteiger partial charge on any atom is 0.229 e. The van der Waals surface area contributed by atoms with Gasteiger partial charge in [0.15, 0.2) is 11.7 Å². The number of phenols is 2. The molecule has 0 spiro atoms. The van der Waals surface area contributed by atoms with Gasteiger partial charge in [0.25, 0.3) is 0 Å². The highest BCUT2D eigenvalue weighted by Gasteiger charge is 2.51. The summed E-state index contributed by atoms with van der Waals surface area (Å²) in [4.78, 5) is 12.5. The van der Waals surface area contributed by atoms with Crippen molar-refractivity contribution in [2.75, 3.05) is 13.2 Å². The van der Waals surface area contributed by atoms with Crippen LogP contribution in [0.25, 0.3) is 22.3 Å². The molecule has 2 aromatic carbocycles. The predicted molar refractivity (Wildman–Crippen MR) is 132 cm³/mol. The zero-order valence-electron chi connectivity index (χ0n) is 20.7. The average molecular weight is 564 g/mol. The van der Waals surface area contributed by atoms with Crippen LogP contribution >= 0.6 is 0 Å². The van der Waals surface area contributed by atoms with Crippen molar-refractivity contribution < 1.29 is 64.2 Å². The minimum atomic E-state index is -1.68. The molecule has 216 valence electrons. The molecule has 8 N–H and O–H groups in total. The molecule has 14 nitrogen and oxygen atoms in total. The van der Waals surface area contributed by atoms with Crippen molar-refractivity contribution in [1.82, 2.24) is 0 Å². The first-order valence-corrected chi connectivity index (χ1v) is 12.3. The molecule has 3 aromatic rings. The zero-order valence-corrected chi connectivity index (χ0v) is 20.7. The monoisotopic (exact) mass is 564 g/mol. The second-order valence-electron chi connectivity index (χ2n) is 9.47. The minimum absolute atomic E-state index is 0.0169. The van der Waals surface area contributed by atoms with Crippen LogP contribution in [-0.2, 0) is 14.2 Å². The Kier molecular flexibility index (Phi) is 7.96. The number of aliphatic hydroxyl groups excluding tert-OH is 6. The number of aliphatic hydroxyl groups is 6. The van der Waals surface area contributed by atoms with Gasteiger partial charge in [0.2, 0.25) is 6.29 Å². The molecule has 2 aliphatic rings. The maximum atomic E-state index is 12.5. The first-order valence-electron chi connectivity index (χ1n) is 12.3. The van der Waals surface area contributed by atoms with E-state index in [2.05, 4.69) is 0 Å². The normalized spacial score (nSPS) is 32.4. The fourth-order valence-corrected chi connectivity index (χ4v) is 4.68. The second kappa shape index (κ2) is 11.3. The van der Waals surface area contributed by atoms with Gasteiger partial charge in [-0.2, -0.15) is 0 Å². The van der Waals surface area contributed by atoms with Crippen LogP contribution in [0.4, 0.5) is 0 Å². The van der Waals surface area contributed by atoms with Crippen molar-refractivity contribution in [2.24, 2.45) is 0 Å². The summed E-state index contributed by atoms with van der Waals surface area (Å²) in [6, 6.07) is 9.41. The number of benzene rings is 2. The van der Waals surface area contributed by atoms with Crippen LogP contribution in [0.3, 0.4) is 0 Å². The van der Waals surface area contributed by atoms with Crippen molar-refractivity contribution in [3.05, 3.63) is 52.7 Å². The number of fused-ring (bicyclic) bond motifs is 1. The topological polar surface area (TPSA) is 229 Å². The molecule has 9 atom stereocenters. The summed E-state index contributed by atoms with van der Waals surface area (Å²) in [5.74, 6) is -0.378. The van der Waals surface area contributed by atoms with E-state index in [1.165, 1.54) is 36.4 Å². The van der Waals surface area contributed by atoms with E-state index in [1.54, 1.807) is 0 Å². The molecule has 9 unspecified atom stereocenters. The Labute approximate surface area is 225 Å². The lowest BCUT2D eigenvalue weighted by atomic mass is 9.98. The van der Waals surface area contributed by atoms with E-state index in [0.29, 0.717) is 5.56 Å². The lowest BCUT2D eigenvalue weighted by molar-refractivity contribution is -0.315. The van der Waals surface area contributed by atoms with Crippen molar-refractivity contribution in [3.8, 4) is 28.6 Å². The number of aromatic hydroxyl groups is 2. The number of hydrogen-bond donors (Lipinski definition) is 8. The molecule has 14 heteroatoms. The number of ether oxygens (including phenoxy) is 4. The molecule has 0 radical (unpaired) electrons. The summed E-state index contributed by atoms with van der Waals surface area (Å²) in [6.07, 6.45) is -13.0. The molecule has 2 saturated heterocycles. The second-order valence-corrected chi connectivity index (χ2v) is 9.47. The largest absolute Gasteiger partial charge is 0.508 e. The summed E-state index contributed by atoms with van der Waals surface area (Å²) < 4.78 is 27.7. The SMILES string of the molecule is O=c1cc(-c2ccc(OC3OC(CO)C(OC4OC(CO)C(O)C4O)C(O)C3O)cc2)oc2cc(O)cc(O)c12. The van der Waals surface area contributed by atoms with E-state index in [-0.39, 0.29) is 28.2 Å². The summed E-state index contributed by atoms with van der Waals surface area (Å²) in [5, 5.41) is 80.0. The van der Waals surface area contributed by atoms with Crippen molar-refractivity contribution in [2.45, 2.75) is 55.3 Å². The highest BCUT2D eigenvalue weighted by atomic mass is 16.7. The summed E-state index contributed by atoms with van der Waals surface area (Å²) in [7, 11) is 0. The van der Waals surface area contributed by atoms with Gasteiger partial charge in [-0.05, 0) is 24.3 Å². The molecule has 3 heterocycles. The Morgan fingerprint density at radius 3 is 2.08 bits per heavy atom. The lowest BCUT2D eigenvalue weighted by Gasteiger charge is -2.42. The smallest absolute Gasteiger partial charge is 0.229 e. The van der Waals surface area contributed by atoms with E-state index in [0.717, 1.165) is 6.07 Å². The molecule has 2 aliphatic heterocycles. The summed E-state index contributed by atoms with van der Waals surface area (Å²) in [5.41, 5.74) is -0.0955. The highest BCUT2D eigenvalue weighted by Crippen LogP contribution is 2.33. The van der Waals surface area contributed by atoms with E-state index in [1.807, 2.05) is 0 Å². The van der Waals surface area contributed by atoms with Crippen LogP contribution in [0, 0.1) is 0 Å². The fraction of sp³-hybridized carbons (Fsp3) is 0.423. The molecule has 40 heavy (non-hydrogen) atoms. The van der Waals surface area contributed by atoms with Crippen LogP contribution in [-0.4, -0.2) is 109 Å². The van der Waals surface area contributed by atoms with Gasteiger partial charge in [0, 0.05) is 23.8 Å². The Morgan fingerprint density at radius 2 is 1.43 bits per heavy atom. The van der Waals surface area contributed by atoms with Gasteiger partial charge in [0.05, 0.1) is 13.2 Å². The summed E-state index contributed by atoms with van der Waals surface area (Å²) in [6.45, 7) is -1.27. The van der Waals surface area contributed by atoms with Crippen molar-refractivity contribution >= 4 is 11.0 Å². The van der Waals surface area contributed by atoms with Crippen LogP contribution in [0.5, 0.6) is 17.2 Å². The average Bonchev–Trinajstić information content (AvgIpc) is 3.20. The Hall–Kier alpha value is -3.31. The zero-order chi connectivity index (χ0) is 28.7. The van der Waals surface area contributed by atoms with E-state index < -0.39 is 79.7 Å². The van der Waals surface area contributed by atoms with Crippen molar-refractivity contribution in [3.63, 3.8) is 0 Å². The molecule has 5 rings (SSSR count). The third kappa shape index (κ3) is 5.24. The fourth-order valence-electron chi connectivity index (χ4n) is 4.68. The molecular weight excluding hydrogens is 536 g/mol. The van der Waals surface area contributed by atoms with Crippen LogP contribution in [0.2, 0.25) is 0 Å². The van der Waals surface area contributed by atoms with Crippen LogP contribution in [0.1, 0.15) is 0 Å². The van der Waals surface area contributed by atoms with E-state index >= 15 is 0 Å². The number of hydrogen-bond acceptors (Lipinski definition) is 14. The third-order valence-corrected chi connectivity index (χ3v) is 6.80. The first-order chi connectivity index (χ1) is 19.1. The van der Waals surface area contributed by atoms with Gasteiger partial charge in [0.1, 0.15) is 76.7 Å². The molecule has 0 bridgehead atoms. The quantitative estimate of drug-likeness (QED) is 0.164. The Balaban J connectivity index is 1.29. The maximum absolute atomic E-state index is 12.5. The van der Waals surface area contributed by atoms with Gasteiger partial charge < -0.3 is 64.2 Å². The van der Waals surface area contributed by atoms with E-state index in [9.17, 15) is 45.6 Å². The number of rotatable bonds is 7. The first kappa shape index (κ1) is 28.2. The van der Waals surface area contributed by atoms with Gasteiger partial charge in [-0.25, -0.2) is 0 Å². The predicted octanol–water partition coefficient (Wildman–Crippen LogP) is -1.49. The lowest BCUT2D eigenvalue weighted by Crippen LogP contribution is -2.62. The molecule has 1 aromatic heterocycles. The van der Waals surface area contributed by atoms with Gasteiger partial charge in [-0.3, -0.25) is 4.79 Å². The minimum Gasteiger partial charge on any atom is -0.508 e. The summed E-state index contributed by atoms with van der Waals surface area (Å²) >= 11 is 0. The molecule has 2 fully saturated rings. The highest BCUT2D eigenvalue weighted by molar-refractivity contribution is 5.86. The van der Waals surface area contributed by atoms with Crippen molar-refractivity contribution in [1.29, 1.82) is 0 Å². The van der Waals surface area contributed by atoms with Crippen LogP contribution < -0.4 is 10.2 Å². The van der Waals surface area contributed by atoms with E-state index in [4.69, 9.17) is 23.4 Å². The molecule has 0 amide bonds.